The molecule has 0 unspecified atom stereocenters. The van der Waals surface area contributed by atoms with Gasteiger partial charge in [0, 0.05) is 11.7 Å². The van der Waals surface area contributed by atoms with Gasteiger partial charge < -0.3 is 13.8 Å². The Morgan fingerprint density at radius 2 is 2.07 bits per heavy atom. The van der Waals surface area contributed by atoms with Crippen LogP contribution in [-0.4, -0.2) is 26.4 Å². The summed E-state index contributed by atoms with van der Waals surface area (Å²) < 4.78 is 27.8. The van der Waals surface area contributed by atoms with E-state index < -0.39 is 7.60 Å². The third kappa shape index (κ3) is 2.92. The highest BCUT2D eigenvalue weighted by molar-refractivity contribution is 7.58. The Labute approximate surface area is 84.8 Å². The molecular weight excluding hydrogens is 203 g/mol. The molecule has 0 amide bonds. The molecule has 0 spiro atoms. The van der Waals surface area contributed by atoms with Crippen LogP contribution in [0.2, 0.25) is 0 Å². The van der Waals surface area contributed by atoms with Crippen LogP contribution in [-0.2, 0) is 18.3 Å². The van der Waals surface area contributed by atoms with Crippen molar-refractivity contribution < 1.29 is 18.3 Å². The van der Waals surface area contributed by atoms with Crippen LogP contribution in [0.15, 0.2) is 11.4 Å². The molecule has 0 aliphatic carbocycles. The van der Waals surface area contributed by atoms with Crippen LogP contribution in [0.3, 0.4) is 0 Å². The van der Waals surface area contributed by atoms with Crippen LogP contribution in [0.25, 0.3) is 0 Å². The first-order valence-corrected chi connectivity index (χ1v) is 6.43. The number of ether oxygens (including phenoxy) is 1. The maximum Gasteiger partial charge on any atom is 0.357 e. The van der Waals surface area contributed by atoms with E-state index in [1.54, 1.807) is 6.08 Å². The first-order chi connectivity index (χ1) is 6.73. The van der Waals surface area contributed by atoms with Crippen LogP contribution in [0.5, 0.6) is 0 Å². The molecule has 14 heavy (non-hydrogen) atoms. The number of hydrogen-bond donors (Lipinski definition) is 0. The molecule has 1 aliphatic rings. The summed E-state index contributed by atoms with van der Waals surface area (Å²) in [5, 5.41) is 0.757. The lowest BCUT2D eigenvalue weighted by molar-refractivity contribution is 0.152. The third-order valence-corrected chi connectivity index (χ3v) is 4.20. The summed E-state index contributed by atoms with van der Waals surface area (Å²) in [7, 11) is -3.01. The smallest absolute Gasteiger partial charge is 0.357 e. The van der Waals surface area contributed by atoms with Gasteiger partial charge in [0.05, 0.1) is 26.4 Å². The zero-order chi connectivity index (χ0) is 10.4. The van der Waals surface area contributed by atoms with E-state index in [4.69, 9.17) is 13.8 Å². The predicted octanol–water partition coefficient (Wildman–Crippen LogP) is 2.56. The van der Waals surface area contributed by atoms with Crippen LogP contribution in [0, 0.1) is 0 Å². The molecule has 5 heteroatoms. The molecule has 1 heterocycles. The first-order valence-electron chi connectivity index (χ1n) is 4.89. The van der Waals surface area contributed by atoms with Gasteiger partial charge in [0.1, 0.15) is 0 Å². The van der Waals surface area contributed by atoms with E-state index in [1.165, 1.54) is 0 Å². The Morgan fingerprint density at radius 1 is 1.43 bits per heavy atom. The van der Waals surface area contributed by atoms with E-state index >= 15 is 0 Å². The monoisotopic (exact) mass is 220 g/mol. The highest BCUT2D eigenvalue weighted by Crippen LogP contribution is 2.57. The Balaban J connectivity index is 2.74. The lowest BCUT2D eigenvalue weighted by atomic mass is 10.3. The minimum absolute atomic E-state index is 0.398. The Kier molecular flexibility index (Phi) is 4.82. The zero-order valence-corrected chi connectivity index (χ0v) is 9.59. The number of hydrogen-bond acceptors (Lipinski definition) is 4. The Bertz CT molecular complexity index is 239. The van der Waals surface area contributed by atoms with E-state index in [-0.39, 0.29) is 0 Å². The van der Waals surface area contributed by atoms with Crippen LogP contribution < -0.4 is 0 Å². The second-order valence-electron chi connectivity index (χ2n) is 2.85. The van der Waals surface area contributed by atoms with E-state index in [9.17, 15) is 4.57 Å². The fourth-order valence-electron chi connectivity index (χ4n) is 1.31. The zero-order valence-electron chi connectivity index (χ0n) is 8.69. The van der Waals surface area contributed by atoms with Gasteiger partial charge in [0.2, 0.25) is 0 Å². The fourth-order valence-corrected chi connectivity index (χ4v) is 3.06. The van der Waals surface area contributed by atoms with Gasteiger partial charge in [-0.1, -0.05) is 0 Å². The second-order valence-corrected chi connectivity index (χ2v) is 4.94. The van der Waals surface area contributed by atoms with Gasteiger partial charge in [-0.25, -0.2) is 0 Å². The van der Waals surface area contributed by atoms with E-state index in [0.29, 0.717) is 32.8 Å². The van der Waals surface area contributed by atoms with Gasteiger partial charge in [-0.2, -0.15) is 0 Å². The van der Waals surface area contributed by atoms with Crippen molar-refractivity contribution in [1.82, 2.24) is 0 Å². The maximum atomic E-state index is 12.2. The van der Waals surface area contributed by atoms with Crippen LogP contribution >= 0.6 is 7.60 Å². The lowest BCUT2D eigenvalue weighted by Crippen LogP contribution is -2.08. The maximum absolute atomic E-state index is 12.2. The van der Waals surface area contributed by atoms with Gasteiger partial charge in [-0.3, -0.25) is 4.57 Å². The van der Waals surface area contributed by atoms with Crippen molar-refractivity contribution in [3.05, 3.63) is 11.4 Å². The summed E-state index contributed by atoms with van der Waals surface area (Å²) in [5.41, 5.74) is 0. The predicted molar refractivity (Wildman–Crippen MR) is 54.4 cm³/mol. The summed E-state index contributed by atoms with van der Waals surface area (Å²) in [5.74, 6) is 0. The molecule has 0 saturated carbocycles. The van der Waals surface area contributed by atoms with E-state index in [0.717, 1.165) is 5.31 Å². The molecule has 0 aromatic heterocycles. The molecule has 0 atom stereocenters. The molecule has 1 rings (SSSR count). The SMILES string of the molecule is CCOP(=O)(OCC)C1=CCOCC1. The van der Waals surface area contributed by atoms with Gasteiger partial charge in [0.15, 0.2) is 0 Å². The summed E-state index contributed by atoms with van der Waals surface area (Å²) >= 11 is 0. The molecular formula is C9H17O4P. The second kappa shape index (κ2) is 5.66. The summed E-state index contributed by atoms with van der Waals surface area (Å²) in [6.45, 7) is 5.51. The van der Waals surface area contributed by atoms with Crippen molar-refractivity contribution in [2.24, 2.45) is 0 Å². The van der Waals surface area contributed by atoms with Crippen molar-refractivity contribution in [3.63, 3.8) is 0 Å². The first kappa shape index (κ1) is 11.9. The number of rotatable bonds is 5. The molecule has 4 nitrogen and oxygen atoms in total. The summed E-state index contributed by atoms with van der Waals surface area (Å²) in [6.07, 6.45) is 2.44. The largest absolute Gasteiger partial charge is 0.377 e. The summed E-state index contributed by atoms with van der Waals surface area (Å²) in [6, 6.07) is 0. The van der Waals surface area contributed by atoms with Gasteiger partial charge in [-0.15, -0.1) is 0 Å². The van der Waals surface area contributed by atoms with Crippen molar-refractivity contribution in [2.75, 3.05) is 26.4 Å². The summed E-state index contributed by atoms with van der Waals surface area (Å²) in [4.78, 5) is 0. The minimum Gasteiger partial charge on any atom is -0.377 e. The van der Waals surface area contributed by atoms with Crippen LogP contribution in [0.1, 0.15) is 20.3 Å². The molecule has 1 aliphatic heterocycles. The molecule has 0 fully saturated rings. The van der Waals surface area contributed by atoms with Crippen molar-refractivity contribution >= 4 is 7.60 Å². The molecule has 82 valence electrons. The van der Waals surface area contributed by atoms with Crippen LogP contribution in [0.4, 0.5) is 0 Å². The molecule has 0 aromatic carbocycles. The third-order valence-electron chi connectivity index (χ3n) is 1.89. The molecule has 0 aromatic rings. The normalized spacial score (nSPS) is 18.0. The lowest BCUT2D eigenvalue weighted by Gasteiger charge is -2.22. The standard InChI is InChI=1S/C9H17O4P/c1-3-12-14(10,13-4-2)9-5-7-11-8-6-9/h5H,3-4,6-8H2,1-2H3. The highest BCUT2D eigenvalue weighted by Gasteiger charge is 2.29. The average Bonchev–Trinajstić information content (AvgIpc) is 2.20. The fraction of sp³-hybridized carbons (Fsp3) is 0.778. The highest BCUT2D eigenvalue weighted by atomic mass is 31.2. The molecule has 0 radical (unpaired) electrons. The molecule has 0 N–H and O–H groups in total. The van der Waals surface area contributed by atoms with Gasteiger partial charge in [-0.05, 0) is 19.9 Å². The van der Waals surface area contributed by atoms with Crippen molar-refractivity contribution in [3.8, 4) is 0 Å². The molecule has 0 saturated heterocycles. The Hall–Kier alpha value is -0.150. The van der Waals surface area contributed by atoms with E-state index in [2.05, 4.69) is 0 Å². The van der Waals surface area contributed by atoms with Gasteiger partial charge >= 0.3 is 7.60 Å². The minimum atomic E-state index is -3.01. The Morgan fingerprint density at radius 3 is 2.50 bits per heavy atom. The topological polar surface area (TPSA) is 44.8 Å². The van der Waals surface area contributed by atoms with Crippen molar-refractivity contribution in [2.45, 2.75) is 20.3 Å². The molecule has 0 bridgehead atoms. The quantitative estimate of drug-likeness (QED) is 0.668. The van der Waals surface area contributed by atoms with E-state index in [1.807, 2.05) is 13.8 Å². The average molecular weight is 220 g/mol. The van der Waals surface area contributed by atoms with Gasteiger partial charge in [0.25, 0.3) is 0 Å². The van der Waals surface area contributed by atoms with Crippen molar-refractivity contribution in [1.29, 1.82) is 0 Å².